The number of nitrogens with one attached hydrogen (secondary N) is 1. The van der Waals surface area contributed by atoms with E-state index in [9.17, 15) is 4.79 Å². The molecule has 0 spiro atoms. The van der Waals surface area contributed by atoms with Gasteiger partial charge in [-0.25, -0.2) is 4.98 Å². The summed E-state index contributed by atoms with van der Waals surface area (Å²) < 4.78 is 5.85. The standard InChI is InChI=1S/C22H21N3O2/c26-22(25-15-13-24(14-16-25)19-9-11-23-12-10-19)18-5-4-8-21(17-18)27-20-6-2-1-3-7-20/h1-12,17H,13-16H2/p+1. The van der Waals surface area contributed by atoms with E-state index < -0.39 is 0 Å². The third kappa shape index (κ3) is 4.08. The predicted molar refractivity (Wildman–Crippen MR) is 104 cm³/mol. The lowest BCUT2D eigenvalue weighted by atomic mass is 10.1. The lowest BCUT2D eigenvalue weighted by Gasteiger charge is -2.35. The van der Waals surface area contributed by atoms with E-state index in [1.807, 2.05) is 71.9 Å². The van der Waals surface area contributed by atoms with Gasteiger partial charge in [0.25, 0.3) is 5.91 Å². The van der Waals surface area contributed by atoms with Crippen LogP contribution in [0.15, 0.2) is 79.1 Å². The Hall–Kier alpha value is -3.34. The number of aromatic amines is 1. The molecule has 2 aromatic carbocycles. The Morgan fingerprint density at radius 2 is 1.52 bits per heavy atom. The van der Waals surface area contributed by atoms with E-state index >= 15 is 0 Å². The molecule has 1 aromatic heterocycles. The van der Waals surface area contributed by atoms with Gasteiger partial charge < -0.3 is 14.5 Å². The normalized spacial score (nSPS) is 14.1. The van der Waals surface area contributed by atoms with Crippen molar-refractivity contribution in [2.45, 2.75) is 0 Å². The van der Waals surface area contributed by atoms with E-state index in [0.717, 1.165) is 18.8 Å². The first-order valence-corrected chi connectivity index (χ1v) is 9.13. The first-order chi connectivity index (χ1) is 13.3. The highest BCUT2D eigenvalue weighted by atomic mass is 16.5. The molecular formula is C22H22N3O2+. The lowest BCUT2D eigenvalue weighted by molar-refractivity contribution is -0.377. The Morgan fingerprint density at radius 1 is 0.815 bits per heavy atom. The number of carbonyl (C=O) groups is 1. The van der Waals surface area contributed by atoms with Crippen molar-refractivity contribution in [2.24, 2.45) is 0 Å². The molecule has 0 saturated carbocycles. The molecule has 0 unspecified atom stereocenters. The summed E-state index contributed by atoms with van der Waals surface area (Å²) in [4.78, 5) is 20.1. The summed E-state index contributed by atoms with van der Waals surface area (Å²) in [7, 11) is 0. The number of piperazine rings is 1. The van der Waals surface area contributed by atoms with Crippen LogP contribution in [0.5, 0.6) is 11.5 Å². The van der Waals surface area contributed by atoms with E-state index in [1.165, 1.54) is 5.69 Å². The van der Waals surface area contributed by atoms with Crippen LogP contribution in [-0.2, 0) is 0 Å². The number of aromatic nitrogens is 1. The number of anilines is 1. The van der Waals surface area contributed by atoms with E-state index in [-0.39, 0.29) is 5.91 Å². The molecule has 1 N–H and O–H groups in total. The number of carbonyl (C=O) groups excluding carboxylic acids is 1. The van der Waals surface area contributed by atoms with Gasteiger partial charge in [-0.1, -0.05) is 24.3 Å². The molecule has 1 aliphatic rings. The van der Waals surface area contributed by atoms with Crippen molar-refractivity contribution in [2.75, 3.05) is 31.1 Å². The van der Waals surface area contributed by atoms with Crippen LogP contribution in [-0.4, -0.2) is 37.0 Å². The first kappa shape index (κ1) is 17.1. The van der Waals surface area contributed by atoms with Crippen LogP contribution in [0.4, 0.5) is 5.69 Å². The molecule has 0 aliphatic carbocycles. The van der Waals surface area contributed by atoms with Gasteiger partial charge in [0.2, 0.25) is 0 Å². The zero-order valence-electron chi connectivity index (χ0n) is 15.0. The minimum atomic E-state index is 0.0505. The highest BCUT2D eigenvalue weighted by molar-refractivity contribution is 5.94. The Labute approximate surface area is 158 Å². The highest BCUT2D eigenvalue weighted by Gasteiger charge is 2.22. The molecule has 4 rings (SSSR count). The highest BCUT2D eigenvalue weighted by Crippen LogP contribution is 2.23. The average Bonchev–Trinajstić information content (AvgIpc) is 2.75. The fourth-order valence-electron chi connectivity index (χ4n) is 3.26. The van der Waals surface area contributed by atoms with E-state index in [1.54, 1.807) is 0 Å². The molecular weight excluding hydrogens is 338 g/mol. The summed E-state index contributed by atoms with van der Waals surface area (Å²) >= 11 is 0. The molecule has 27 heavy (non-hydrogen) atoms. The number of hydrogen-bond donors (Lipinski definition) is 0. The number of benzene rings is 2. The zero-order chi connectivity index (χ0) is 18.5. The fourth-order valence-corrected chi connectivity index (χ4v) is 3.26. The maximum Gasteiger partial charge on any atom is 0.254 e. The number of nitrogens with zero attached hydrogens (tertiary/aromatic N) is 2. The molecule has 136 valence electrons. The maximum atomic E-state index is 12.9. The molecule has 0 radical (unpaired) electrons. The van der Waals surface area contributed by atoms with Crippen molar-refractivity contribution >= 4 is 11.6 Å². The molecule has 1 saturated heterocycles. The summed E-state index contributed by atoms with van der Waals surface area (Å²) in [6.07, 6.45) is 3.84. The predicted octanol–water partition coefficient (Wildman–Crippen LogP) is 3.26. The second kappa shape index (κ2) is 7.91. The van der Waals surface area contributed by atoms with Gasteiger partial charge in [-0.2, -0.15) is 0 Å². The molecule has 0 bridgehead atoms. The van der Waals surface area contributed by atoms with Crippen LogP contribution in [0.1, 0.15) is 10.4 Å². The van der Waals surface area contributed by atoms with E-state index in [0.29, 0.717) is 24.4 Å². The van der Waals surface area contributed by atoms with Gasteiger partial charge in [-0.05, 0) is 30.3 Å². The van der Waals surface area contributed by atoms with Gasteiger partial charge in [0.1, 0.15) is 11.5 Å². The van der Waals surface area contributed by atoms with Crippen LogP contribution in [0.25, 0.3) is 0 Å². The maximum absolute atomic E-state index is 12.9. The lowest BCUT2D eigenvalue weighted by Crippen LogP contribution is -2.48. The molecule has 1 amide bonds. The summed E-state index contributed by atoms with van der Waals surface area (Å²) in [5, 5.41) is 0. The van der Waals surface area contributed by atoms with Crippen LogP contribution < -0.4 is 14.6 Å². The second-order valence-electron chi connectivity index (χ2n) is 6.48. The topological polar surface area (TPSA) is 46.9 Å². The van der Waals surface area contributed by atoms with Crippen LogP contribution in [0.3, 0.4) is 0 Å². The summed E-state index contributed by atoms with van der Waals surface area (Å²) in [6.45, 7) is 3.08. The van der Waals surface area contributed by atoms with Gasteiger partial charge in [-0.3, -0.25) is 4.79 Å². The summed E-state index contributed by atoms with van der Waals surface area (Å²) in [6, 6.07) is 21.1. The van der Waals surface area contributed by atoms with Crippen LogP contribution in [0, 0.1) is 0 Å². The third-order valence-corrected chi connectivity index (χ3v) is 4.69. The Balaban J connectivity index is 1.41. The Morgan fingerprint density at radius 3 is 2.26 bits per heavy atom. The van der Waals surface area contributed by atoms with E-state index in [4.69, 9.17) is 4.74 Å². The van der Waals surface area contributed by atoms with Gasteiger partial charge in [-0.15, -0.1) is 0 Å². The van der Waals surface area contributed by atoms with Crippen LogP contribution in [0.2, 0.25) is 0 Å². The number of pyridine rings is 1. The fraction of sp³-hybridized carbons (Fsp3) is 0.182. The van der Waals surface area contributed by atoms with Gasteiger partial charge >= 0.3 is 0 Å². The van der Waals surface area contributed by atoms with Crippen molar-refractivity contribution in [3.8, 4) is 11.5 Å². The minimum absolute atomic E-state index is 0.0505. The minimum Gasteiger partial charge on any atom is -0.457 e. The van der Waals surface area contributed by atoms with Gasteiger partial charge in [0.15, 0.2) is 12.4 Å². The molecule has 2 heterocycles. The largest absolute Gasteiger partial charge is 0.457 e. The molecule has 5 heteroatoms. The van der Waals surface area contributed by atoms with E-state index in [2.05, 4.69) is 22.0 Å². The Bertz CT molecular complexity index is 892. The number of H-pyrrole nitrogens is 1. The number of ether oxygens (including phenoxy) is 1. The zero-order valence-corrected chi connectivity index (χ0v) is 15.0. The second-order valence-corrected chi connectivity index (χ2v) is 6.48. The first-order valence-electron chi connectivity index (χ1n) is 9.13. The van der Waals surface area contributed by atoms with Gasteiger partial charge in [0, 0.05) is 49.6 Å². The number of para-hydroxylation sites is 1. The van der Waals surface area contributed by atoms with Crippen molar-refractivity contribution < 1.29 is 14.5 Å². The van der Waals surface area contributed by atoms with Crippen molar-refractivity contribution in [3.63, 3.8) is 0 Å². The average molecular weight is 360 g/mol. The number of amides is 1. The SMILES string of the molecule is O=C(c1cccc(Oc2ccccc2)c1)N1CCN(c2cc[nH+]cc2)CC1. The van der Waals surface area contributed by atoms with Crippen molar-refractivity contribution in [1.29, 1.82) is 0 Å². The number of hydrogen-bond acceptors (Lipinski definition) is 3. The Kier molecular flexibility index (Phi) is 5.01. The van der Waals surface area contributed by atoms with Crippen molar-refractivity contribution in [1.82, 2.24) is 4.90 Å². The van der Waals surface area contributed by atoms with Gasteiger partial charge in [0.05, 0.1) is 0 Å². The molecule has 1 aliphatic heterocycles. The summed E-state index contributed by atoms with van der Waals surface area (Å²) in [5.74, 6) is 1.48. The van der Waals surface area contributed by atoms with Crippen molar-refractivity contribution in [3.05, 3.63) is 84.7 Å². The molecule has 3 aromatic rings. The molecule has 1 fully saturated rings. The van der Waals surface area contributed by atoms with Crippen LogP contribution >= 0.6 is 0 Å². The number of rotatable bonds is 4. The summed E-state index contributed by atoms with van der Waals surface area (Å²) in [5.41, 5.74) is 1.84. The monoisotopic (exact) mass is 360 g/mol. The molecule has 0 atom stereocenters. The molecule has 5 nitrogen and oxygen atoms in total. The quantitative estimate of drug-likeness (QED) is 0.717. The third-order valence-electron chi connectivity index (χ3n) is 4.69. The smallest absolute Gasteiger partial charge is 0.254 e.